The molecule has 1 N–H and O–H groups in total. The lowest BCUT2D eigenvalue weighted by Gasteiger charge is -2.66. The van der Waals surface area contributed by atoms with Crippen LogP contribution in [0.2, 0.25) is 0 Å². The van der Waals surface area contributed by atoms with Crippen molar-refractivity contribution in [1.29, 1.82) is 0 Å². The number of rotatable bonds is 6. The van der Waals surface area contributed by atoms with Gasteiger partial charge in [0, 0.05) is 37.5 Å². The highest BCUT2D eigenvalue weighted by molar-refractivity contribution is 5.99. The van der Waals surface area contributed by atoms with Gasteiger partial charge in [-0.1, -0.05) is 68.8 Å². The number of benzene rings is 2. The van der Waals surface area contributed by atoms with Crippen molar-refractivity contribution in [3.05, 3.63) is 83.4 Å². The van der Waals surface area contributed by atoms with Crippen LogP contribution >= 0.6 is 0 Å². The zero-order valence-electron chi connectivity index (χ0n) is 28.5. The zero-order chi connectivity index (χ0) is 35.9. The maximum atomic E-state index is 14.5. The monoisotopic (exact) mass is 674 g/mol. The van der Waals surface area contributed by atoms with E-state index in [1.807, 2.05) is 0 Å². The van der Waals surface area contributed by atoms with Gasteiger partial charge >= 0.3 is 23.9 Å². The Kier molecular flexibility index (Phi) is 9.71. The molecule has 0 aromatic heterocycles. The Morgan fingerprint density at radius 3 is 1.78 bits per heavy atom. The minimum absolute atomic E-state index is 0.148. The van der Waals surface area contributed by atoms with Gasteiger partial charge in [0.2, 0.25) is 0 Å². The van der Waals surface area contributed by atoms with Crippen molar-refractivity contribution in [2.75, 3.05) is 0 Å². The first-order valence-electron chi connectivity index (χ1n) is 16.3. The first-order chi connectivity index (χ1) is 23.0. The second-order valence-electron chi connectivity index (χ2n) is 14.1. The molecule has 0 bridgehead atoms. The highest BCUT2D eigenvalue weighted by Gasteiger charge is 2.76. The Morgan fingerprint density at radius 1 is 0.755 bits per heavy atom. The van der Waals surface area contributed by atoms with Crippen LogP contribution in [0.3, 0.4) is 0 Å². The molecule has 260 valence electrons. The third kappa shape index (κ3) is 6.32. The fraction of sp³-hybridized carbons (Fsp3) is 0.474. The van der Waals surface area contributed by atoms with E-state index >= 15 is 0 Å². The van der Waals surface area contributed by atoms with Gasteiger partial charge in [-0.15, -0.1) is 0 Å². The molecule has 0 radical (unpaired) electrons. The molecule has 5 rings (SSSR count). The van der Waals surface area contributed by atoms with E-state index in [4.69, 9.17) is 18.9 Å². The molecule has 2 aromatic carbocycles. The van der Waals surface area contributed by atoms with Crippen LogP contribution in [0.25, 0.3) is 0 Å². The SMILES string of the molecule is CC(=O)O[C@H]1[C@@H](OC(=O)c2ccccc2)[C@]2(C)[C@H](C[C@H](OC(C)=O)[C@]3(O)C(=O)CC=C(C)CC(=O)[C@H]32)C(C)(C)[C@H]1OC(=O)c1ccccc1. The summed E-state index contributed by atoms with van der Waals surface area (Å²) in [5, 5.41) is 12.6. The first-order valence-corrected chi connectivity index (χ1v) is 16.3. The van der Waals surface area contributed by atoms with Crippen molar-refractivity contribution in [2.45, 2.75) is 90.8 Å². The number of aliphatic hydroxyl groups is 1. The quantitative estimate of drug-likeness (QED) is 0.259. The molecule has 11 nitrogen and oxygen atoms in total. The van der Waals surface area contributed by atoms with Crippen molar-refractivity contribution in [3.63, 3.8) is 0 Å². The summed E-state index contributed by atoms with van der Waals surface area (Å²) in [7, 11) is 0. The third-order valence-corrected chi connectivity index (χ3v) is 10.5. The van der Waals surface area contributed by atoms with E-state index in [0.29, 0.717) is 5.57 Å². The van der Waals surface area contributed by atoms with Crippen molar-refractivity contribution >= 4 is 35.4 Å². The number of esters is 4. The number of Topliss-reactive ketones (excluding diaryl/α,β-unsaturated/α-hetero) is 2. The van der Waals surface area contributed by atoms with Gasteiger partial charge in [0.15, 0.2) is 17.5 Å². The van der Waals surface area contributed by atoms with Gasteiger partial charge in [-0.3, -0.25) is 19.2 Å². The number of fused-ring (bicyclic) bond motifs is 3. The first kappa shape index (κ1) is 35.7. The number of ketones is 2. The number of hydrogen-bond acceptors (Lipinski definition) is 11. The molecular weight excluding hydrogens is 632 g/mol. The van der Waals surface area contributed by atoms with Crippen LogP contribution in [0, 0.1) is 22.7 Å². The molecule has 0 saturated heterocycles. The van der Waals surface area contributed by atoms with Gasteiger partial charge in [0.05, 0.1) is 17.0 Å². The fourth-order valence-electron chi connectivity index (χ4n) is 8.51. The Bertz CT molecular complexity index is 1680. The van der Waals surface area contributed by atoms with E-state index in [9.17, 15) is 33.9 Å². The van der Waals surface area contributed by atoms with Gasteiger partial charge < -0.3 is 24.1 Å². The lowest BCUT2D eigenvalue weighted by Crippen LogP contribution is -2.78. The minimum Gasteiger partial charge on any atom is -0.459 e. The Labute approximate surface area is 284 Å². The average Bonchev–Trinajstić information content (AvgIpc) is 3.04. The Hall–Kier alpha value is -4.64. The molecule has 11 heteroatoms. The molecule has 2 saturated carbocycles. The van der Waals surface area contributed by atoms with E-state index in [-0.39, 0.29) is 30.4 Å². The smallest absolute Gasteiger partial charge is 0.338 e. The van der Waals surface area contributed by atoms with Gasteiger partial charge in [0.1, 0.15) is 24.1 Å². The van der Waals surface area contributed by atoms with Gasteiger partial charge in [-0.2, -0.15) is 0 Å². The predicted molar refractivity (Wildman–Crippen MR) is 174 cm³/mol. The molecule has 0 aliphatic heterocycles. The molecule has 3 aliphatic carbocycles. The van der Waals surface area contributed by atoms with Crippen LogP contribution in [0.4, 0.5) is 0 Å². The third-order valence-electron chi connectivity index (χ3n) is 10.5. The minimum atomic E-state index is -2.53. The van der Waals surface area contributed by atoms with Gasteiger partial charge in [-0.25, -0.2) is 9.59 Å². The van der Waals surface area contributed by atoms with Crippen molar-refractivity contribution in [1.82, 2.24) is 0 Å². The summed E-state index contributed by atoms with van der Waals surface area (Å²) >= 11 is 0. The van der Waals surface area contributed by atoms with Crippen LogP contribution in [-0.2, 0) is 38.1 Å². The molecule has 3 aliphatic rings. The van der Waals surface area contributed by atoms with E-state index < -0.39 is 88.1 Å². The fourth-order valence-corrected chi connectivity index (χ4v) is 8.51. The van der Waals surface area contributed by atoms with Crippen LogP contribution in [0.15, 0.2) is 72.3 Å². The van der Waals surface area contributed by atoms with E-state index in [1.165, 1.54) is 12.1 Å². The number of ether oxygens (including phenoxy) is 4. The van der Waals surface area contributed by atoms with Crippen LogP contribution in [-0.4, -0.2) is 70.6 Å². The summed E-state index contributed by atoms with van der Waals surface area (Å²) in [6.45, 7) is 9.11. The largest absolute Gasteiger partial charge is 0.459 e. The highest BCUT2D eigenvalue weighted by Crippen LogP contribution is 2.65. The summed E-state index contributed by atoms with van der Waals surface area (Å²) in [5.74, 6) is -6.86. The Morgan fingerprint density at radius 2 is 1.27 bits per heavy atom. The summed E-state index contributed by atoms with van der Waals surface area (Å²) in [6, 6.07) is 16.2. The van der Waals surface area contributed by atoms with Crippen molar-refractivity contribution < 1.29 is 52.8 Å². The summed E-state index contributed by atoms with van der Waals surface area (Å²) in [6.07, 6.45) is -4.79. The summed E-state index contributed by atoms with van der Waals surface area (Å²) < 4.78 is 24.0. The van der Waals surface area contributed by atoms with Crippen LogP contribution < -0.4 is 0 Å². The number of carbonyl (C=O) groups is 6. The van der Waals surface area contributed by atoms with E-state index in [2.05, 4.69) is 0 Å². The molecule has 2 aromatic rings. The van der Waals surface area contributed by atoms with Crippen LogP contribution in [0.1, 0.15) is 81.5 Å². The molecule has 2 fully saturated rings. The average molecular weight is 675 g/mol. The Balaban J connectivity index is 1.77. The maximum Gasteiger partial charge on any atom is 0.338 e. The number of allylic oxidation sites excluding steroid dienone is 2. The van der Waals surface area contributed by atoms with E-state index in [0.717, 1.165) is 13.8 Å². The molecule has 0 unspecified atom stereocenters. The molecule has 8 atom stereocenters. The summed E-state index contributed by atoms with van der Waals surface area (Å²) in [5.41, 5.74) is -4.42. The molecule has 0 heterocycles. The lowest BCUT2D eigenvalue weighted by molar-refractivity contribution is -0.288. The standard InChI is InChI=1S/C38H42O11/c1-21-17-18-28(42)38(45)29(46-22(2)39)20-27-36(4,5)32(48-34(43)24-13-9-7-10-14-24)30(47-23(3)40)33(37(27,6)31(38)26(41)19-21)49-35(44)25-15-11-8-12-16-25/h7-17,27,29-33,45H,18-20H2,1-6H3/t27-,29+,30-,31+,32+,33-,37-,38-/m1/s1. The molecule has 0 spiro atoms. The highest BCUT2D eigenvalue weighted by atomic mass is 16.6. The number of carbonyl (C=O) groups excluding carboxylic acids is 6. The maximum absolute atomic E-state index is 14.5. The normalized spacial score (nSPS) is 32.2. The summed E-state index contributed by atoms with van der Waals surface area (Å²) in [4.78, 5) is 81.4. The van der Waals surface area contributed by atoms with Gasteiger partial charge in [0.25, 0.3) is 0 Å². The number of hydrogen-bond donors (Lipinski definition) is 1. The molecule has 0 amide bonds. The topological polar surface area (TPSA) is 160 Å². The second-order valence-corrected chi connectivity index (χ2v) is 14.1. The van der Waals surface area contributed by atoms with E-state index in [1.54, 1.807) is 82.3 Å². The lowest BCUT2D eigenvalue weighted by atomic mass is 9.41. The van der Waals surface area contributed by atoms with Gasteiger partial charge in [-0.05, 0) is 43.5 Å². The molecular formula is C38H42O11. The van der Waals surface area contributed by atoms with Crippen molar-refractivity contribution in [3.8, 4) is 0 Å². The van der Waals surface area contributed by atoms with Crippen molar-refractivity contribution in [2.24, 2.45) is 22.7 Å². The predicted octanol–water partition coefficient (Wildman–Crippen LogP) is 4.59. The zero-order valence-corrected chi connectivity index (χ0v) is 28.5. The second kappa shape index (κ2) is 13.3. The van der Waals surface area contributed by atoms with Crippen LogP contribution in [0.5, 0.6) is 0 Å². The molecule has 49 heavy (non-hydrogen) atoms.